The van der Waals surface area contributed by atoms with Gasteiger partial charge in [-0.2, -0.15) is 0 Å². The molecule has 1 aromatic carbocycles. The predicted molar refractivity (Wildman–Crippen MR) is 101 cm³/mol. The Balaban J connectivity index is 1.76. The largest absolute Gasteiger partial charge is 0.454 e. The van der Waals surface area contributed by atoms with Gasteiger partial charge in [-0.3, -0.25) is 10.1 Å². The van der Waals surface area contributed by atoms with Gasteiger partial charge in [0.15, 0.2) is 0 Å². The van der Waals surface area contributed by atoms with Crippen molar-refractivity contribution in [3.05, 3.63) is 51.1 Å². The van der Waals surface area contributed by atoms with E-state index >= 15 is 0 Å². The fraction of sp³-hybridized carbons (Fsp3) is 0.444. The van der Waals surface area contributed by atoms with Crippen molar-refractivity contribution >= 4 is 28.9 Å². The van der Waals surface area contributed by atoms with E-state index in [4.69, 9.17) is 16.3 Å². The second kappa shape index (κ2) is 7.96. The van der Waals surface area contributed by atoms with Gasteiger partial charge in [-0.15, -0.1) is 0 Å². The summed E-state index contributed by atoms with van der Waals surface area (Å²) in [6.07, 6.45) is 3.45. The fourth-order valence-electron chi connectivity index (χ4n) is 3.09. The lowest BCUT2D eigenvalue weighted by atomic mass is 9.98. The van der Waals surface area contributed by atoms with Crippen LogP contribution in [0, 0.1) is 16.0 Å². The molecule has 8 nitrogen and oxygen atoms in total. The number of nitro groups is 1. The second-order valence-corrected chi connectivity index (χ2v) is 7.15. The predicted octanol–water partition coefficient (Wildman–Crippen LogP) is 3.58. The third-order valence-corrected chi connectivity index (χ3v) is 5.24. The number of benzene rings is 1. The van der Waals surface area contributed by atoms with Crippen molar-refractivity contribution in [1.82, 2.24) is 9.55 Å². The molecule has 1 fully saturated rings. The minimum Gasteiger partial charge on any atom is -0.454 e. The molecule has 0 aliphatic carbocycles. The van der Waals surface area contributed by atoms with Crippen molar-refractivity contribution in [2.75, 3.05) is 18.0 Å². The van der Waals surface area contributed by atoms with Crippen LogP contribution in [0.4, 0.5) is 11.4 Å². The van der Waals surface area contributed by atoms with Gasteiger partial charge in [0.25, 0.3) is 5.69 Å². The number of ether oxygens (including phenoxy) is 1. The van der Waals surface area contributed by atoms with Crippen LogP contribution in [0.2, 0.25) is 5.15 Å². The van der Waals surface area contributed by atoms with Crippen molar-refractivity contribution in [1.29, 1.82) is 0 Å². The lowest BCUT2D eigenvalue weighted by Gasteiger charge is -2.31. The van der Waals surface area contributed by atoms with E-state index in [1.807, 2.05) is 4.90 Å². The molecule has 0 saturated carbocycles. The molecule has 0 bridgehead atoms. The first-order valence-corrected chi connectivity index (χ1v) is 9.11. The second-order valence-electron chi connectivity index (χ2n) is 6.76. The Morgan fingerprint density at radius 1 is 1.41 bits per heavy atom. The highest BCUT2D eigenvalue weighted by Gasteiger charge is 2.25. The zero-order valence-corrected chi connectivity index (χ0v) is 16.0. The maximum atomic E-state index is 12.3. The summed E-state index contributed by atoms with van der Waals surface area (Å²) in [5.74, 6) is 0.465. The van der Waals surface area contributed by atoms with Gasteiger partial charge in [0.1, 0.15) is 23.3 Å². The zero-order valence-electron chi connectivity index (χ0n) is 15.2. The number of hydrogen-bond acceptors (Lipinski definition) is 6. The minimum atomic E-state index is -0.643. The summed E-state index contributed by atoms with van der Waals surface area (Å²) in [6, 6.07) is 4.47. The molecule has 3 rings (SSSR count). The third-order valence-electron chi connectivity index (χ3n) is 4.89. The van der Waals surface area contributed by atoms with Crippen molar-refractivity contribution in [3.8, 4) is 0 Å². The van der Waals surface area contributed by atoms with Gasteiger partial charge in [-0.1, -0.05) is 18.5 Å². The van der Waals surface area contributed by atoms with Gasteiger partial charge in [0.2, 0.25) is 0 Å². The van der Waals surface area contributed by atoms with E-state index in [0.29, 0.717) is 22.6 Å². The average Bonchev–Trinajstić information content (AvgIpc) is 2.98. The van der Waals surface area contributed by atoms with Gasteiger partial charge in [-0.05, 0) is 30.9 Å². The normalized spacial score (nSPS) is 15.0. The number of nitro benzene ring substituents is 1. The molecule has 27 heavy (non-hydrogen) atoms. The summed E-state index contributed by atoms with van der Waals surface area (Å²) in [7, 11) is 1.71. The summed E-state index contributed by atoms with van der Waals surface area (Å²) < 4.78 is 6.82. The summed E-state index contributed by atoms with van der Waals surface area (Å²) in [4.78, 5) is 29.4. The molecular weight excluding hydrogens is 372 g/mol. The maximum Gasteiger partial charge on any atom is 0.338 e. The molecule has 0 unspecified atom stereocenters. The smallest absolute Gasteiger partial charge is 0.338 e. The molecule has 1 aliphatic rings. The average molecular weight is 393 g/mol. The van der Waals surface area contributed by atoms with Gasteiger partial charge in [-0.25, -0.2) is 9.78 Å². The fourth-order valence-corrected chi connectivity index (χ4v) is 3.23. The lowest BCUT2D eigenvalue weighted by Crippen LogP contribution is -2.33. The topological polar surface area (TPSA) is 90.5 Å². The van der Waals surface area contributed by atoms with Crippen molar-refractivity contribution < 1.29 is 14.5 Å². The van der Waals surface area contributed by atoms with E-state index in [9.17, 15) is 14.9 Å². The maximum absolute atomic E-state index is 12.3. The van der Waals surface area contributed by atoms with E-state index in [0.717, 1.165) is 25.9 Å². The first-order chi connectivity index (χ1) is 12.9. The third kappa shape index (κ3) is 4.21. The molecule has 0 atom stereocenters. The minimum absolute atomic E-state index is 0.0678. The van der Waals surface area contributed by atoms with E-state index in [1.165, 1.54) is 12.3 Å². The first-order valence-electron chi connectivity index (χ1n) is 8.73. The quantitative estimate of drug-likeness (QED) is 0.439. The van der Waals surface area contributed by atoms with E-state index < -0.39 is 10.9 Å². The number of aromatic nitrogens is 2. The molecule has 0 radical (unpaired) electrons. The number of halogens is 1. The Kier molecular flexibility index (Phi) is 5.65. The molecule has 2 aromatic rings. The Labute approximate surface area is 161 Å². The van der Waals surface area contributed by atoms with Crippen LogP contribution in [0.25, 0.3) is 0 Å². The van der Waals surface area contributed by atoms with Crippen LogP contribution in [0.3, 0.4) is 0 Å². The lowest BCUT2D eigenvalue weighted by molar-refractivity contribution is -0.384. The molecule has 144 valence electrons. The van der Waals surface area contributed by atoms with Gasteiger partial charge in [0.05, 0.1) is 16.7 Å². The number of imidazole rings is 1. The molecule has 0 spiro atoms. The van der Waals surface area contributed by atoms with Crippen LogP contribution in [0.15, 0.2) is 24.4 Å². The Hall–Kier alpha value is -2.61. The molecule has 9 heteroatoms. The van der Waals surface area contributed by atoms with Crippen LogP contribution in [0.5, 0.6) is 0 Å². The van der Waals surface area contributed by atoms with E-state index in [-0.39, 0.29) is 17.9 Å². The Morgan fingerprint density at radius 2 is 2.11 bits per heavy atom. The number of hydrogen-bond donors (Lipinski definition) is 0. The standard InChI is InChI=1S/C18H21ClN4O4/c1-12-5-7-22(8-6-12)14-4-3-13(9-15(14)23(25)26)18(24)27-11-17-20-10-16(19)21(17)2/h3-4,9-10,12H,5-8,11H2,1-2H3. The highest BCUT2D eigenvalue weighted by molar-refractivity contribution is 6.29. The Morgan fingerprint density at radius 3 is 2.70 bits per heavy atom. The number of anilines is 1. The Bertz CT molecular complexity index is 859. The first kappa shape index (κ1) is 19.2. The number of esters is 1. The van der Waals surface area contributed by atoms with Gasteiger partial charge >= 0.3 is 5.97 Å². The molecule has 1 saturated heterocycles. The summed E-state index contributed by atoms with van der Waals surface area (Å²) >= 11 is 5.90. The van der Waals surface area contributed by atoms with E-state index in [1.54, 1.807) is 23.7 Å². The molecule has 1 aromatic heterocycles. The number of rotatable bonds is 5. The molecule has 0 amide bonds. The number of carbonyl (C=O) groups is 1. The van der Waals surface area contributed by atoms with Crippen LogP contribution in [-0.4, -0.2) is 33.5 Å². The highest BCUT2D eigenvalue weighted by atomic mass is 35.5. The summed E-state index contributed by atoms with van der Waals surface area (Å²) in [5, 5.41) is 12.0. The SMILES string of the molecule is CC1CCN(c2ccc(C(=O)OCc3ncc(Cl)n3C)cc2[N+](=O)[O-])CC1. The monoisotopic (exact) mass is 392 g/mol. The van der Waals surface area contributed by atoms with Crippen molar-refractivity contribution in [3.63, 3.8) is 0 Å². The van der Waals surface area contributed by atoms with Gasteiger partial charge < -0.3 is 14.2 Å². The zero-order chi connectivity index (χ0) is 19.6. The van der Waals surface area contributed by atoms with Crippen LogP contribution in [-0.2, 0) is 18.4 Å². The van der Waals surface area contributed by atoms with Crippen LogP contribution >= 0.6 is 11.6 Å². The number of carbonyl (C=O) groups excluding carboxylic acids is 1. The number of nitrogens with zero attached hydrogens (tertiary/aromatic N) is 4. The van der Waals surface area contributed by atoms with Crippen LogP contribution in [0.1, 0.15) is 35.9 Å². The van der Waals surface area contributed by atoms with E-state index in [2.05, 4.69) is 11.9 Å². The van der Waals surface area contributed by atoms with Gasteiger partial charge in [0, 0.05) is 26.2 Å². The molecule has 1 aliphatic heterocycles. The molecule has 2 heterocycles. The summed E-state index contributed by atoms with van der Waals surface area (Å²) in [5.41, 5.74) is 0.592. The number of piperidine rings is 1. The van der Waals surface area contributed by atoms with Crippen molar-refractivity contribution in [2.45, 2.75) is 26.4 Å². The highest BCUT2D eigenvalue weighted by Crippen LogP contribution is 2.32. The molecule has 0 N–H and O–H groups in total. The van der Waals surface area contributed by atoms with Crippen molar-refractivity contribution in [2.24, 2.45) is 13.0 Å². The summed E-state index contributed by atoms with van der Waals surface area (Å²) in [6.45, 7) is 3.65. The molecular formula is C18H21ClN4O4. The van der Waals surface area contributed by atoms with Crippen LogP contribution < -0.4 is 4.90 Å².